The van der Waals surface area contributed by atoms with E-state index in [1.807, 2.05) is 31.2 Å². The number of benzene rings is 1. The Labute approximate surface area is 163 Å². The Kier molecular flexibility index (Phi) is 9.11. The molecule has 1 aliphatic heterocycles. The van der Waals surface area contributed by atoms with Crippen molar-refractivity contribution in [1.29, 1.82) is 0 Å². The van der Waals surface area contributed by atoms with Crippen LogP contribution in [-0.4, -0.2) is 56.0 Å². The Morgan fingerprint density at radius 1 is 1.26 bits per heavy atom. The summed E-state index contributed by atoms with van der Waals surface area (Å²) in [7, 11) is 1.78. The lowest BCUT2D eigenvalue weighted by atomic mass is 10.0. The number of likely N-dealkylation sites (tertiary alicyclic amines) is 1. The van der Waals surface area contributed by atoms with E-state index in [1.54, 1.807) is 7.05 Å². The zero-order chi connectivity index (χ0) is 19.5. The highest BCUT2D eigenvalue weighted by atomic mass is 16.1. The first kappa shape index (κ1) is 21.2. The van der Waals surface area contributed by atoms with Gasteiger partial charge in [-0.1, -0.05) is 18.6 Å². The second kappa shape index (κ2) is 11.6. The first-order valence-electron chi connectivity index (χ1n) is 10.2. The summed E-state index contributed by atoms with van der Waals surface area (Å²) in [6.07, 6.45) is 5.13. The maximum atomic E-state index is 11.9. The molecule has 1 saturated heterocycles. The number of piperidine rings is 1. The van der Waals surface area contributed by atoms with E-state index in [-0.39, 0.29) is 5.91 Å². The van der Waals surface area contributed by atoms with E-state index in [4.69, 9.17) is 0 Å². The van der Waals surface area contributed by atoms with Crippen LogP contribution in [0.4, 0.5) is 0 Å². The third-order valence-corrected chi connectivity index (χ3v) is 5.07. The van der Waals surface area contributed by atoms with Crippen LogP contribution in [0.25, 0.3) is 0 Å². The smallest absolute Gasteiger partial charge is 0.251 e. The average Bonchev–Trinajstić information content (AvgIpc) is 2.69. The summed E-state index contributed by atoms with van der Waals surface area (Å²) in [5, 5.41) is 9.54. The predicted molar refractivity (Wildman–Crippen MR) is 112 cm³/mol. The molecule has 3 N–H and O–H groups in total. The molecule has 0 spiro atoms. The van der Waals surface area contributed by atoms with Crippen molar-refractivity contribution in [3.05, 3.63) is 35.4 Å². The normalized spacial score (nSPS) is 18.2. The molecule has 0 aliphatic carbocycles. The van der Waals surface area contributed by atoms with Crippen LogP contribution in [0.5, 0.6) is 0 Å². The Hall–Kier alpha value is -2.08. The van der Waals surface area contributed by atoms with Crippen molar-refractivity contribution in [2.75, 3.05) is 33.2 Å². The molecule has 2 rings (SSSR count). The van der Waals surface area contributed by atoms with E-state index >= 15 is 0 Å². The molecule has 1 amide bonds. The van der Waals surface area contributed by atoms with E-state index in [0.717, 1.165) is 31.0 Å². The highest BCUT2D eigenvalue weighted by molar-refractivity contribution is 5.94. The Balaban J connectivity index is 1.72. The minimum absolute atomic E-state index is 0.0335. The average molecular weight is 374 g/mol. The van der Waals surface area contributed by atoms with Crippen LogP contribution >= 0.6 is 0 Å². The minimum Gasteiger partial charge on any atom is -0.356 e. The summed E-state index contributed by atoms with van der Waals surface area (Å²) in [4.78, 5) is 18.8. The molecular formula is C21H35N5O. The van der Waals surface area contributed by atoms with Gasteiger partial charge in [0.05, 0.1) is 0 Å². The molecule has 150 valence electrons. The maximum Gasteiger partial charge on any atom is 0.251 e. The van der Waals surface area contributed by atoms with Gasteiger partial charge >= 0.3 is 0 Å². The van der Waals surface area contributed by atoms with E-state index in [0.29, 0.717) is 24.7 Å². The van der Waals surface area contributed by atoms with Gasteiger partial charge in [0, 0.05) is 44.8 Å². The Morgan fingerprint density at radius 2 is 2.11 bits per heavy atom. The number of aliphatic imine (C=N–C) groups is 1. The highest BCUT2D eigenvalue weighted by Gasteiger charge is 2.17. The largest absolute Gasteiger partial charge is 0.356 e. The second-order valence-electron chi connectivity index (χ2n) is 7.15. The molecule has 1 fully saturated rings. The van der Waals surface area contributed by atoms with Gasteiger partial charge in [-0.25, -0.2) is 0 Å². The maximum absolute atomic E-state index is 11.9. The fourth-order valence-electron chi connectivity index (χ4n) is 3.47. The molecule has 1 atom stereocenters. The van der Waals surface area contributed by atoms with Crippen molar-refractivity contribution < 1.29 is 4.79 Å². The second-order valence-corrected chi connectivity index (χ2v) is 7.15. The molecule has 27 heavy (non-hydrogen) atoms. The van der Waals surface area contributed by atoms with E-state index in [1.165, 1.54) is 25.8 Å². The van der Waals surface area contributed by atoms with Gasteiger partial charge < -0.3 is 20.9 Å². The lowest BCUT2D eigenvalue weighted by molar-refractivity contribution is 0.0955. The van der Waals surface area contributed by atoms with Crippen molar-refractivity contribution in [3.8, 4) is 0 Å². The van der Waals surface area contributed by atoms with Crippen LogP contribution in [-0.2, 0) is 6.54 Å². The number of nitrogens with one attached hydrogen (secondary N) is 3. The number of carbonyl (C=O) groups excluding carboxylic acids is 1. The van der Waals surface area contributed by atoms with Crippen LogP contribution < -0.4 is 16.0 Å². The molecule has 1 unspecified atom stereocenters. The summed E-state index contributed by atoms with van der Waals surface area (Å²) in [5.74, 6) is 0.763. The Bertz CT molecular complexity index is 616. The van der Waals surface area contributed by atoms with Crippen molar-refractivity contribution >= 4 is 11.9 Å². The quantitative estimate of drug-likeness (QED) is 0.372. The number of guanidine groups is 1. The first-order chi connectivity index (χ1) is 13.1. The molecule has 0 aromatic heterocycles. The summed E-state index contributed by atoms with van der Waals surface area (Å²) in [5.41, 5.74) is 1.75. The van der Waals surface area contributed by atoms with Crippen LogP contribution in [0.2, 0.25) is 0 Å². The van der Waals surface area contributed by atoms with Gasteiger partial charge in [0.2, 0.25) is 0 Å². The molecule has 6 nitrogen and oxygen atoms in total. The Morgan fingerprint density at radius 3 is 2.85 bits per heavy atom. The van der Waals surface area contributed by atoms with Crippen LogP contribution in [0.1, 0.15) is 55.5 Å². The number of rotatable bonds is 8. The third kappa shape index (κ3) is 7.21. The number of nitrogens with zero attached hydrogens (tertiary/aromatic N) is 2. The van der Waals surface area contributed by atoms with Gasteiger partial charge in [0.1, 0.15) is 0 Å². The highest BCUT2D eigenvalue weighted by Crippen LogP contribution is 2.16. The third-order valence-electron chi connectivity index (χ3n) is 5.07. The number of carbonyl (C=O) groups is 1. The fraction of sp³-hybridized carbons (Fsp3) is 0.619. The summed E-state index contributed by atoms with van der Waals surface area (Å²) in [6.45, 7) is 8.80. The topological polar surface area (TPSA) is 68.8 Å². The van der Waals surface area contributed by atoms with E-state index in [2.05, 4.69) is 32.8 Å². The van der Waals surface area contributed by atoms with Crippen LogP contribution in [0, 0.1) is 0 Å². The SMILES string of the molecule is CCNC(=O)c1cccc(CNC(=NC)NCCCN2CCCCC2C)c1. The van der Waals surface area contributed by atoms with Crippen molar-refractivity contribution in [1.82, 2.24) is 20.9 Å². The molecule has 1 aliphatic rings. The van der Waals surface area contributed by atoms with E-state index in [9.17, 15) is 4.79 Å². The molecular weight excluding hydrogens is 338 g/mol. The van der Waals surface area contributed by atoms with Gasteiger partial charge in [-0.2, -0.15) is 0 Å². The first-order valence-corrected chi connectivity index (χ1v) is 10.2. The van der Waals surface area contributed by atoms with Crippen molar-refractivity contribution in [2.45, 2.75) is 52.1 Å². The standard InChI is InChI=1S/C21H35N5O/c1-4-23-20(27)19-11-7-10-18(15-19)16-25-21(22-3)24-12-8-14-26-13-6-5-9-17(26)2/h7,10-11,15,17H,4-6,8-9,12-14,16H2,1-3H3,(H,23,27)(H2,22,24,25). The number of amides is 1. The minimum atomic E-state index is -0.0335. The fourth-order valence-corrected chi connectivity index (χ4v) is 3.47. The van der Waals surface area contributed by atoms with Crippen LogP contribution in [0.3, 0.4) is 0 Å². The molecule has 0 bridgehead atoms. The van der Waals surface area contributed by atoms with Crippen LogP contribution in [0.15, 0.2) is 29.3 Å². The number of hydrogen-bond donors (Lipinski definition) is 3. The molecule has 0 radical (unpaired) electrons. The van der Waals surface area contributed by atoms with Gasteiger partial charge in [-0.3, -0.25) is 9.79 Å². The number of hydrogen-bond acceptors (Lipinski definition) is 3. The molecule has 0 saturated carbocycles. The van der Waals surface area contributed by atoms with Gasteiger partial charge in [-0.15, -0.1) is 0 Å². The molecule has 1 heterocycles. The zero-order valence-corrected chi connectivity index (χ0v) is 17.1. The van der Waals surface area contributed by atoms with Gasteiger partial charge in [0.25, 0.3) is 5.91 Å². The summed E-state index contributed by atoms with van der Waals surface area (Å²) in [6, 6.07) is 8.40. The van der Waals surface area contributed by atoms with Gasteiger partial charge in [0.15, 0.2) is 5.96 Å². The molecule has 6 heteroatoms. The summed E-state index contributed by atoms with van der Waals surface area (Å²) < 4.78 is 0. The van der Waals surface area contributed by atoms with E-state index < -0.39 is 0 Å². The summed E-state index contributed by atoms with van der Waals surface area (Å²) >= 11 is 0. The van der Waals surface area contributed by atoms with Crippen molar-refractivity contribution in [2.24, 2.45) is 4.99 Å². The van der Waals surface area contributed by atoms with Gasteiger partial charge in [-0.05, 0) is 57.4 Å². The molecule has 1 aromatic carbocycles. The lowest BCUT2D eigenvalue weighted by Crippen LogP contribution is -2.41. The predicted octanol–water partition coefficient (Wildman–Crippen LogP) is 2.37. The lowest BCUT2D eigenvalue weighted by Gasteiger charge is -2.33. The van der Waals surface area contributed by atoms with Crippen molar-refractivity contribution in [3.63, 3.8) is 0 Å². The monoisotopic (exact) mass is 373 g/mol. The zero-order valence-electron chi connectivity index (χ0n) is 17.1. The molecule has 1 aromatic rings.